The van der Waals surface area contributed by atoms with Crippen molar-refractivity contribution in [2.45, 2.75) is 45.6 Å². The highest BCUT2D eigenvalue weighted by atomic mass is 16.1. The Morgan fingerprint density at radius 3 is 2.31 bits per heavy atom. The van der Waals surface area contributed by atoms with Crippen molar-refractivity contribution in [2.24, 2.45) is 0 Å². The van der Waals surface area contributed by atoms with Crippen LogP contribution in [0.1, 0.15) is 45.6 Å². The molecule has 0 radical (unpaired) electrons. The molecule has 2 nitrogen and oxygen atoms in total. The zero-order chi connectivity index (χ0) is 12.2. The van der Waals surface area contributed by atoms with Gasteiger partial charge < -0.3 is 5.32 Å². The number of hydrogen-bond donors (Lipinski definition) is 1. The zero-order valence-corrected chi connectivity index (χ0v) is 10.6. The van der Waals surface area contributed by atoms with Gasteiger partial charge in [0.15, 0.2) is 0 Å². The SMILES string of the molecule is C[C@@H](CC(=O)NC(C)(C)C)c1ccccc1. The summed E-state index contributed by atoms with van der Waals surface area (Å²) in [6, 6.07) is 10.1. The van der Waals surface area contributed by atoms with Crippen molar-refractivity contribution in [1.82, 2.24) is 5.32 Å². The molecule has 0 aliphatic rings. The van der Waals surface area contributed by atoms with E-state index in [1.165, 1.54) is 5.56 Å². The Kier molecular flexibility index (Phi) is 4.11. The van der Waals surface area contributed by atoms with Crippen LogP contribution >= 0.6 is 0 Å². The third-order valence-electron chi connectivity index (χ3n) is 2.37. The Bertz CT molecular complexity index is 338. The number of benzene rings is 1. The molecule has 0 bridgehead atoms. The maximum absolute atomic E-state index is 11.7. The summed E-state index contributed by atoms with van der Waals surface area (Å²) < 4.78 is 0. The average molecular weight is 219 g/mol. The Hall–Kier alpha value is -1.31. The van der Waals surface area contributed by atoms with Crippen molar-refractivity contribution in [2.75, 3.05) is 0 Å². The molecule has 0 aliphatic carbocycles. The summed E-state index contributed by atoms with van der Waals surface area (Å²) in [5.41, 5.74) is 1.07. The van der Waals surface area contributed by atoms with Gasteiger partial charge in [-0.1, -0.05) is 37.3 Å². The van der Waals surface area contributed by atoms with Crippen LogP contribution in [-0.2, 0) is 4.79 Å². The summed E-state index contributed by atoms with van der Waals surface area (Å²) in [5.74, 6) is 0.382. The molecule has 1 aromatic rings. The molecule has 88 valence electrons. The number of hydrogen-bond acceptors (Lipinski definition) is 1. The fourth-order valence-corrected chi connectivity index (χ4v) is 1.65. The fourth-order valence-electron chi connectivity index (χ4n) is 1.65. The summed E-state index contributed by atoms with van der Waals surface area (Å²) in [6.45, 7) is 8.08. The van der Waals surface area contributed by atoms with Gasteiger partial charge in [-0.2, -0.15) is 0 Å². The van der Waals surface area contributed by atoms with E-state index in [0.29, 0.717) is 6.42 Å². The summed E-state index contributed by atoms with van der Waals surface area (Å²) in [5, 5.41) is 2.98. The molecule has 0 aromatic heterocycles. The molecule has 0 fully saturated rings. The van der Waals surface area contributed by atoms with Crippen LogP contribution in [-0.4, -0.2) is 11.4 Å². The van der Waals surface area contributed by atoms with E-state index in [0.717, 1.165) is 0 Å². The molecule has 1 atom stereocenters. The molecule has 1 rings (SSSR count). The molecule has 0 heterocycles. The smallest absolute Gasteiger partial charge is 0.220 e. The molecule has 1 amide bonds. The van der Waals surface area contributed by atoms with Crippen molar-refractivity contribution in [1.29, 1.82) is 0 Å². The molecule has 0 aliphatic heterocycles. The maximum atomic E-state index is 11.7. The second kappa shape index (κ2) is 5.15. The number of amides is 1. The summed E-state index contributed by atoms with van der Waals surface area (Å²) in [6.07, 6.45) is 0.543. The quantitative estimate of drug-likeness (QED) is 0.831. The number of carbonyl (C=O) groups is 1. The van der Waals surface area contributed by atoms with Gasteiger partial charge in [-0.05, 0) is 32.3 Å². The number of rotatable bonds is 3. The van der Waals surface area contributed by atoms with E-state index in [4.69, 9.17) is 0 Å². The minimum Gasteiger partial charge on any atom is -0.351 e. The van der Waals surface area contributed by atoms with Crippen molar-refractivity contribution in [3.8, 4) is 0 Å². The third kappa shape index (κ3) is 4.47. The van der Waals surface area contributed by atoms with E-state index in [-0.39, 0.29) is 17.4 Å². The fraction of sp³-hybridized carbons (Fsp3) is 0.500. The molecule has 0 spiro atoms. The lowest BCUT2D eigenvalue weighted by Gasteiger charge is -2.22. The second-order valence-corrected chi connectivity index (χ2v) is 5.31. The summed E-state index contributed by atoms with van der Waals surface area (Å²) in [4.78, 5) is 11.7. The minimum atomic E-state index is -0.145. The van der Waals surface area contributed by atoms with Crippen LogP contribution in [0.25, 0.3) is 0 Å². The van der Waals surface area contributed by atoms with E-state index in [1.807, 2.05) is 39.0 Å². The summed E-state index contributed by atoms with van der Waals surface area (Å²) >= 11 is 0. The van der Waals surface area contributed by atoms with Gasteiger partial charge in [0, 0.05) is 12.0 Å². The lowest BCUT2D eigenvalue weighted by molar-refractivity contribution is -0.122. The number of carbonyl (C=O) groups excluding carboxylic acids is 1. The van der Waals surface area contributed by atoms with Crippen LogP contribution in [0.3, 0.4) is 0 Å². The van der Waals surface area contributed by atoms with E-state index in [2.05, 4.69) is 24.4 Å². The van der Waals surface area contributed by atoms with Gasteiger partial charge >= 0.3 is 0 Å². The highest BCUT2D eigenvalue weighted by Crippen LogP contribution is 2.18. The van der Waals surface area contributed by atoms with Crippen LogP contribution in [0, 0.1) is 0 Å². The first kappa shape index (κ1) is 12.8. The van der Waals surface area contributed by atoms with Crippen molar-refractivity contribution in [3.05, 3.63) is 35.9 Å². The first-order valence-corrected chi connectivity index (χ1v) is 5.74. The van der Waals surface area contributed by atoms with Crippen LogP contribution < -0.4 is 5.32 Å². The van der Waals surface area contributed by atoms with Crippen LogP contribution in [0.2, 0.25) is 0 Å². The van der Waals surface area contributed by atoms with Crippen molar-refractivity contribution < 1.29 is 4.79 Å². The largest absolute Gasteiger partial charge is 0.351 e. The predicted octanol–water partition coefficient (Wildman–Crippen LogP) is 3.09. The van der Waals surface area contributed by atoms with Gasteiger partial charge in [-0.3, -0.25) is 4.79 Å². The molecule has 0 saturated carbocycles. The zero-order valence-electron chi connectivity index (χ0n) is 10.6. The molecule has 2 heteroatoms. The topological polar surface area (TPSA) is 29.1 Å². The minimum absolute atomic E-state index is 0.115. The highest BCUT2D eigenvalue weighted by Gasteiger charge is 2.16. The molecular formula is C14H21NO. The Balaban J connectivity index is 2.52. The van der Waals surface area contributed by atoms with E-state index < -0.39 is 0 Å². The van der Waals surface area contributed by atoms with Crippen molar-refractivity contribution >= 4 is 5.91 Å². The van der Waals surface area contributed by atoms with Gasteiger partial charge in [-0.25, -0.2) is 0 Å². The first-order chi connectivity index (χ1) is 7.38. The van der Waals surface area contributed by atoms with Crippen molar-refractivity contribution in [3.63, 3.8) is 0 Å². The van der Waals surface area contributed by atoms with Crippen LogP contribution in [0.4, 0.5) is 0 Å². The summed E-state index contributed by atoms with van der Waals surface area (Å²) in [7, 11) is 0. The van der Waals surface area contributed by atoms with E-state index >= 15 is 0 Å². The molecular weight excluding hydrogens is 198 g/mol. The third-order valence-corrected chi connectivity index (χ3v) is 2.37. The van der Waals surface area contributed by atoms with Gasteiger partial charge in [0.2, 0.25) is 5.91 Å². The molecule has 16 heavy (non-hydrogen) atoms. The lowest BCUT2D eigenvalue weighted by Crippen LogP contribution is -2.40. The Labute approximate surface area is 98.1 Å². The van der Waals surface area contributed by atoms with Crippen LogP contribution in [0.5, 0.6) is 0 Å². The van der Waals surface area contributed by atoms with E-state index in [9.17, 15) is 4.79 Å². The maximum Gasteiger partial charge on any atom is 0.220 e. The second-order valence-electron chi connectivity index (χ2n) is 5.31. The first-order valence-electron chi connectivity index (χ1n) is 5.74. The molecule has 1 aromatic carbocycles. The highest BCUT2D eigenvalue weighted by molar-refractivity contribution is 5.77. The number of nitrogens with one attached hydrogen (secondary N) is 1. The molecule has 1 N–H and O–H groups in total. The van der Waals surface area contributed by atoms with Crippen LogP contribution in [0.15, 0.2) is 30.3 Å². The van der Waals surface area contributed by atoms with Gasteiger partial charge in [0.1, 0.15) is 0 Å². The standard InChI is InChI=1S/C14H21NO/c1-11(12-8-6-5-7-9-12)10-13(16)15-14(2,3)4/h5-9,11H,10H2,1-4H3,(H,15,16)/t11-/m0/s1. The monoisotopic (exact) mass is 219 g/mol. The Morgan fingerprint density at radius 1 is 1.25 bits per heavy atom. The lowest BCUT2D eigenvalue weighted by atomic mass is 9.97. The normalized spacial score (nSPS) is 13.2. The predicted molar refractivity (Wildman–Crippen MR) is 67.4 cm³/mol. The van der Waals surface area contributed by atoms with E-state index in [1.54, 1.807) is 0 Å². The molecule has 0 saturated heterocycles. The Morgan fingerprint density at radius 2 is 1.81 bits per heavy atom. The van der Waals surface area contributed by atoms with Gasteiger partial charge in [-0.15, -0.1) is 0 Å². The van der Waals surface area contributed by atoms with Gasteiger partial charge in [0.05, 0.1) is 0 Å². The molecule has 0 unspecified atom stereocenters. The average Bonchev–Trinajstić information content (AvgIpc) is 2.16. The van der Waals surface area contributed by atoms with Gasteiger partial charge in [0.25, 0.3) is 0 Å².